The number of alkyl halides is 3. The third kappa shape index (κ3) is 5.08. The summed E-state index contributed by atoms with van der Waals surface area (Å²) < 4.78 is 43.7. The van der Waals surface area contributed by atoms with Crippen LogP contribution >= 0.6 is 11.6 Å². The van der Waals surface area contributed by atoms with Gasteiger partial charge in [-0.1, -0.05) is 17.7 Å². The number of benzene rings is 2. The van der Waals surface area contributed by atoms with Crippen LogP contribution in [0.25, 0.3) is 0 Å². The van der Waals surface area contributed by atoms with Gasteiger partial charge in [0.2, 0.25) is 0 Å². The van der Waals surface area contributed by atoms with Gasteiger partial charge in [-0.3, -0.25) is 9.78 Å². The van der Waals surface area contributed by atoms with Crippen LogP contribution in [-0.4, -0.2) is 21.8 Å². The number of ether oxygens (including phenoxy) is 1. The highest BCUT2D eigenvalue weighted by Crippen LogP contribution is 2.31. The van der Waals surface area contributed by atoms with Gasteiger partial charge in [-0.25, -0.2) is 9.78 Å². The highest BCUT2D eigenvalue weighted by atomic mass is 35.5. The second-order valence-corrected chi connectivity index (χ2v) is 6.09. The van der Waals surface area contributed by atoms with Crippen molar-refractivity contribution in [1.29, 1.82) is 0 Å². The Morgan fingerprint density at radius 3 is 2.55 bits per heavy atom. The number of hydrogen-bond donors (Lipinski definition) is 1. The summed E-state index contributed by atoms with van der Waals surface area (Å²) in [7, 11) is 0. The Labute approximate surface area is 167 Å². The molecule has 0 radical (unpaired) electrons. The zero-order valence-corrected chi connectivity index (χ0v) is 15.2. The lowest BCUT2D eigenvalue weighted by molar-refractivity contribution is -0.137. The number of carbonyl (C=O) groups is 2. The topological polar surface area (TPSA) is 81.2 Å². The number of hydrogen-bond acceptors (Lipinski definition) is 5. The van der Waals surface area contributed by atoms with Crippen molar-refractivity contribution in [2.45, 2.75) is 6.18 Å². The molecular formula is C19H11ClF3N3O3. The molecule has 1 N–H and O–H groups in total. The van der Waals surface area contributed by atoms with Crippen molar-refractivity contribution in [3.8, 4) is 5.75 Å². The summed E-state index contributed by atoms with van der Waals surface area (Å²) in [5.74, 6) is -1.82. The van der Waals surface area contributed by atoms with Crippen molar-refractivity contribution in [2.24, 2.45) is 0 Å². The zero-order valence-electron chi connectivity index (χ0n) is 14.4. The highest BCUT2D eigenvalue weighted by Gasteiger charge is 2.30. The molecule has 1 amide bonds. The first-order valence-corrected chi connectivity index (χ1v) is 8.38. The van der Waals surface area contributed by atoms with Crippen molar-refractivity contribution in [1.82, 2.24) is 9.97 Å². The minimum absolute atomic E-state index is 0.0870. The molecule has 2 aromatic carbocycles. The Hall–Kier alpha value is -3.46. The second-order valence-electron chi connectivity index (χ2n) is 5.65. The first kappa shape index (κ1) is 20.3. The molecule has 0 spiro atoms. The summed E-state index contributed by atoms with van der Waals surface area (Å²) in [6.07, 6.45) is -0.721. The summed E-state index contributed by atoms with van der Waals surface area (Å²) in [5.41, 5.74) is -1.24. The van der Waals surface area contributed by atoms with Crippen LogP contribution in [-0.2, 0) is 6.18 Å². The highest BCUT2D eigenvalue weighted by molar-refractivity contribution is 6.31. The van der Waals surface area contributed by atoms with Crippen molar-refractivity contribution in [3.63, 3.8) is 0 Å². The number of amides is 1. The van der Waals surface area contributed by atoms with Gasteiger partial charge in [0.05, 0.1) is 17.3 Å². The standard InChI is InChI=1S/C19H11ClF3N3O3/c20-12-4-5-16(29-18(28)15-10-24-6-7-25-15)14(9-12)17(27)26-13-3-1-2-11(8-13)19(21,22)23/h1-10H,(H,26,27). The summed E-state index contributed by atoms with van der Waals surface area (Å²) >= 11 is 5.91. The monoisotopic (exact) mass is 421 g/mol. The van der Waals surface area contributed by atoms with Crippen LogP contribution in [0.5, 0.6) is 5.75 Å². The summed E-state index contributed by atoms with van der Waals surface area (Å²) in [5, 5.41) is 2.50. The van der Waals surface area contributed by atoms with Gasteiger partial charge in [0.15, 0.2) is 5.69 Å². The van der Waals surface area contributed by atoms with E-state index in [0.29, 0.717) is 0 Å². The fraction of sp³-hybridized carbons (Fsp3) is 0.0526. The van der Waals surface area contributed by atoms with Crippen LogP contribution in [0.1, 0.15) is 26.4 Å². The average Bonchev–Trinajstić information content (AvgIpc) is 2.69. The lowest BCUT2D eigenvalue weighted by Gasteiger charge is -2.12. The molecule has 0 fully saturated rings. The van der Waals surface area contributed by atoms with Gasteiger partial charge in [-0.2, -0.15) is 13.2 Å². The Morgan fingerprint density at radius 1 is 1.07 bits per heavy atom. The average molecular weight is 422 g/mol. The molecule has 0 saturated heterocycles. The lowest BCUT2D eigenvalue weighted by atomic mass is 10.1. The molecule has 148 valence electrons. The molecule has 0 aliphatic heterocycles. The molecule has 0 saturated carbocycles. The number of carbonyl (C=O) groups excluding carboxylic acids is 2. The number of nitrogens with zero attached hydrogens (tertiary/aromatic N) is 2. The third-order valence-electron chi connectivity index (χ3n) is 3.61. The van der Waals surface area contributed by atoms with Crippen LogP contribution in [0.2, 0.25) is 5.02 Å². The molecule has 1 aromatic heterocycles. The molecule has 3 rings (SSSR count). The van der Waals surface area contributed by atoms with E-state index in [1.54, 1.807) is 0 Å². The number of anilines is 1. The minimum atomic E-state index is -4.56. The summed E-state index contributed by atoms with van der Waals surface area (Å²) in [4.78, 5) is 32.3. The predicted octanol–water partition coefficient (Wildman–Crippen LogP) is 4.62. The molecular weight excluding hydrogens is 411 g/mol. The Balaban J connectivity index is 1.86. The summed E-state index contributed by atoms with van der Waals surface area (Å²) in [6.45, 7) is 0. The first-order chi connectivity index (χ1) is 13.7. The quantitative estimate of drug-likeness (QED) is 0.491. The van der Waals surface area contributed by atoms with E-state index in [1.165, 1.54) is 42.9 Å². The van der Waals surface area contributed by atoms with Gasteiger partial charge in [0.1, 0.15) is 5.75 Å². The van der Waals surface area contributed by atoms with Crippen LogP contribution in [0, 0.1) is 0 Å². The Kier molecular flexibility index (Phi) is 5.79. The van der Waals surface area contributed by atoms with E-state index in [9.17, 15) is 22.8 Å². The molecule has 0 aliphatic carbocycles. The van der Waals surface area contributed by atoms with Gasteiger partial charge in [-0.05, 0) is 36.4 Å². The molecule has 1 heterocycles. The predicted molar refractivity (Wildman–Crippen MR) is 97.8 cm³/mol. The fourth-order valence-corrected chi connectivity index (χ4v) is 2.47. The van der Waals surface area contributed by atoms with Gasteiger partial charge >= 0.3 is 12.1 Å². The smallest absolute Gasteiger partial charge is 0.416 e. The molecule has 6 nitrogen and oxygen atoms in total. The van der Waals surface area contributed by atoms with Crippen molar-refractivity contribution in [2.75, 3.05) is 5.32 Å². The number of esters is 1. The first-order valence-electron chi connectivity index (χ1n) is 8.00. The minimum Gasteiger partial charge on any atom is -0.421 e. The molecule has 0 aliphatic rings. The van der Waals surface area contributed by atoms with E-state index < -0.39 is 23.6 Å². The van der Waals surface area contributed by atoms with Crippen molar-refractivity contribution in [3.05, 3.63) is 82.9 Å². The van der Waals surface area contributed by atoms with Gasteiger partial charge in [0.25, 0.3) is 5.91 Å². The third-order valence-corrected chi connectivity index (χ3v) is 3.84. The van der Waals surface area contributed by atoms with Crippen LogP contribution < -0.4 is 10.1 Å². The van der Waals surface area contributed by atoms with Crippen molar-refractivity contribution >= 4 is 29.2 Å². The lowest BCUT2D eigenvalue weighted by Crippen LogP contribution is -2.17. The molecule has 3 aromatic rings. The van der Waals surface area contributed by atoms with Gasteiger partial charge < -0.3 is 10.1 Å². The van der Waals surface area contributed by atoms with Gasteiger partial charge in [-0.15, -0.1) is 0 Å². The molecule has 0 bridgehead atoms. The molecule has 29 heavy (non-hydrogen) atoms. The molecule has 10 heteroatoms. The summed E-state index contributed by atoms with van der Waals surface area (Å²) in [6, 6.07) is 8.02. The maximum atomic E-state index is 12.9. The largest absolute Gasteiger partial charge is 0.421 e. The van der Waals surface area contributed by atoms with E-state index in [2.05, 4.69) is 15.3 Å². The number of nitrogens with one attached hydrogen (secondary N) is 1. The maximum absolute atomic E-state index is 12.9. The fourth-order valence-electron chi connectivity index (χ4n) is 2.30. The Morgan fingerprint density at radius 2 is 1.86 bits per heavy atom. The molecule has 0 unspecified atom stereocenters. The normalized spacial score (nSPS) is 11.0. The van der Waals surface area contributed by atoms with Crippen LogP contribution in [0.4, 0.5) is 18.9 Å². The number of aromatic nitrogens is 2. The van der Waals surface area contributed by atoms with Crippen LogP contribution in [0.3, 0.4) is 0 Å². The molecule has 0 atom stereocenters. The van der Waals surface area contributed by atoms with E-state index >= 15 is 0 Å². The zero-order chi connectivity index (χ0) is 21.0. The van der Waals surface area contributed by atoms with E-state index in [4.69, 9.17) is 16.3 Å². The van der Waals surface area contributed by atoms with Gasteiger partial charge in [0, 0.05) is 23.1 Å². The van der Waals surface area contributed by atoms with E-state index in [1.807, 2.05) is 0 Å². The second kappa shape index (κ2) is 8.27. The Bertz CT molecular complexity index is 1060. The van der Waals surface area contributed by atoms with E-state index in [0.717, 1.165) is 18.2 Å². The van der Waals surface area contributed by atoms with E-state index in [-0.39, 0.29) is 27.7 Å². The SMILES string of the molecule is O=C(Oc1ccc(Cl)cc1C(=O)Nc1cccc(C(F)(F)F)c1)c1cnccn1. The number of halogens is 4. The maximum Gasteiger partial charge on any atom is 0.416 e. The van der Waals surface area contributed by atoms with Crippen LogP contribution in [0.15, 0.2) is 61.1 Å². The number of rotatable bonds is 4. The van der Waals surface area contributed by atoms with Crippen molar-refractivity contribution < 1.29 is 27.5 Å².